The molecule has 0 amide bonds. The normalized spacial score (nSPS) is 11.3. The molecule has 0 radical (unpaired) electrons. The fraction of sp³-hybridized carbons (Fsp3) is 0.316. The van der Waals surface area contributed by atoms with E-state index < -0.39 is 0 Å². The maximum atomic E-state index is 11.7. The first-order valence-electron chi connectivity index (χ1n) is 7.91. The van der Waals surface area contributed by atoms with E-state index in [0.29, 0.717) is 16.9 Å². The Balaban J connectivity index is 2.47. The highest BCUT2D eigenvalue weighted by atomic mass is 28.2. The maximum Gasteiger partial charge on any atom is 0.291 e. The fourth-order valence-electron chi connectivity index (χ4n) is 3.23. The Kier molecular flexibility index (Phi) is 5.96. The zero-order valence-corrected chi connectivity index (χ0v) is 15.4. The van der Waals surface area contributed by atoms with Gasteiger partial charge in [0.2, 0.25) is 10.5 Å². The van der Waals surface area contributed by atoms with Crippen LogP contribution < -0.4 is 0 Å². The molecule has 0 saturated carbocycles. The van der Waals surface area contributed by atoms with Crippen LogP contribution in [0, 0.1) is 0 Å². The molecule has 0 aliphatic rings. The topological polar surface area (TPSA) is 26.3 Å². The minimum Gasteiger partial charge on any atom is -0.529 e. The number of hydrogen-bond acceptors (Lipinski definition) is 2. The Bertz CT molecular complexity index is 541. The molecule has 0 unspecified atom stereocenters. The first-order chi connectivity index (χ1) is 10.7. The first-order valence-corrected chi connectivity index (χ1v) is 8.72. The molecule has 0 N–H and O–H groups in total. The molecule has 22 heavy (non-hydrogen) atoms. The minimum atomic E-state index is -0.118. The van der Waals surface area contributed by atoms with E-state index in [0.717, 1.165) is 19.3 Å². The van der Waals surface area contributed by atoms with E-state index in [9.17, 15) is 4.79 Å². The third kappa shape index (κ3) is 3.66. The fourth-order valence-corrected chi connectivity index (χ4v) is 3.43. The lowest BCUT2D eigenvalue weighted by Gasteiger charge is -2.35. The molecule has 116 valence electrons. The lowest BCUT2D eigenvalue weighted by Crippen LogP contribution is -2.29. The van der Waals surface area contributed by atoms with Crippen molar-refractivity contribution in [3.63, 3.8) is 0 Å². The van der Waals surface area contributed by atoms with Gasteiger partial charge in [0, 0.05) is 11.8 Å². The van der Waals surface area contributed by atoms with Crippen LogP contribution >= 0.6 is 0 Å². The molecule has 2 rings (SSSR count). The molecular weight excluding hydrogens is 288 g/mol. The standard InChI is InChI=1S/C19H24O2Si/c1-2-14-19(15-13-18(20)21-22,16-9-5-3-6-10-16)17-11-7-4-8-12-17/h3-12H,2,13-15H2,1,22H3. The minimum absolute atomic E-state index is 0.0843. The van der Waals surface area contributed by atoms with Crippen molar-refractivity contribution in [1.82, 2.24) is 0 Å². The van der Waals surface area contributed by atoms with Crippen molar-refractivity contribution in [2.45, 2.75) is 38.0 Å². The highest BCUT2D eigenvalue weighted by Gasteiger charge is 2.33. The van der Waals surface area contributed by atoms with E-state index in [1.54, 1.807) is 0 Å². The Morgan fingerprint density at radius 2 is 1.45 bits per heavy atom. The van der Waals surface area contributed by atoms with Crippen molar-refractivity contribution in [3.8, 4) is 0 Å². The van der Waals surface area contributed by atoms with Gasteiger partial charge in [-0.05, 0) is 24.0 Å². The van der Waals surface area contributed by atoms with Gasteiger partial charge >= 0.3 is 0 Å². The second-order valence-corrected chi connectivity index (χ2v) is 6.05. The number of hydrogen-bond donors (Lipinski definition) is 0. The average Bonchev–Trinajstić information content (AvgIpc) is 2.60. The molecule has 0 aliphatic carbocycles. The summed E-state index contributed by atoms with van der Waals surface area (Å²) in [4.78, 5) is 11.7. The van der Waals surface area contributed by atoms with Gasteiger partial charge in [0.1, 0.15) is 0 Å². The molecule has 2 nitrogen and oxygen atoms in total. The largest absolute Gasteiger partial charge is 0.529 e. The molecule has 0 fully saturated rings. The van der Waals surface area contributed by atoms with E-state index in [2.05, 4.69) is 55.5 Å². The number of carbonyl (C=O) groups is 1. The van der Waals surface area contributed by atoms with E-state index in [1.807, 2.05) is 12.1 Å². The molecule has 2 aromatic carbocycles. The molecule has 0 aromatic heterocycles. The molecule has 2 aromatic rings. The zero-order chi connectivity index (χ0) is 15.8. The second kappa shape index (κ2) is 7.94. The van der Waals surface area contributed by atoms with Crippen LogP contribution in [0.5, 0.6) is 0 Å². The summed E-state index contributed by atoms with van der Waals surface area (Å²) in [6, 6.07) is 21.1. The Morgan fingerprint density at radius 3 is 1.86 bits per heavy atom. The molecular formula is C19H24O2Si. The summed E-state index contributed by atoms with van der Waals surface area (Å²) in [7, 11) is 0.467. The van der Waals surface area contributed by atoms with Gasteiger partial charge in [-0.1, -0.05) is 74.0 Å². The molecule has 0 spiro atoms. The SMILES string of the molecule is CCCC(CCC(=O)O[SiH3])(c1ccccc1)c1ccccc1. The molecule has 0 aliphatic heterocycles. The van der Waals surface area contributed by atoms with Gasteiger partial charge in [-0.25, -0.2) is 0 Å². The van der Waals surface area contributed by atoms with Gasteiger partial charge in [-0.15, -0.1) is 0 Å². The van der Waals surface area contributed by atoms with Crippen molar-refractivity contribution >= 4 is 16.5 Å². The van der Waals surface area contributed by atoms with Crippen LogP contribution in [0.1, 0.15) is 43.7 Å². The average molecular weight is 312 g/mol. The van der Waals surface area contributed by atoms with Crippen molar-refractivity contribution in [1.29, 1.82) is 0 Å². The van der Waals surface area contributed by atoms with Crippen molar-refractivity contribution in [2.75, 3.05) is 0 Å². The van der Waals surface area contributed by atoms with E-state index >= 15 is 0 Å². The summed E-state index contributed by atoms with van der Waals surface area (Å²) in [6.07, 6.45) is 3.35. The summed E-state index contributed by atoms with van der Waals surface area (Å²) >= 11 is 0. The Hall–Kier alpha value is -1.87. The number of rotatable bonds is 7. The van der Waals surface area contributed by atoms with Gasteiger partial charge in [-0.3, -0.25) is 4.79 Å². The summed E-state index contributed by atoms with van der Waals surface area (Å²) in [5, 5.41) is 0. The predicted octanol–water partition coefficient (Wildman–Crippen LogP) is 3.38. The van der Waals surface area contributed by atoms with Crippen LogP contribution in [0.15, 0.2) is 60.7 Å². The van der Waals surface area contributed by atoms with Gasteiger partial charge in [-0.2, -0.15) is 0 Å². The van der Waals surface area contributed by atoms with Crippen LogP contribution in [0.2, 0.25) is 0 Å². The summed E-state index contributed by atoms with van der Waals surface area (Å²) < 4.78 is 5.00. The zero-order valence-electron chi connectivity index (χ0n) is 13.4. The Labute approximate surface area is 136 Å². The smallest absolute Gasteiger partial charge is 0.291 e. The summed E-state index contributed by atoms with van der Waals surface area (Å²) in [5.74, 6) is -0.0843. The molecule has 0 atom stereocenters. The summed E-state index contributed by atoms with van der Waals surface area (Å²) in [6.45, 7) is 2.20. The number of carbonyl (C=O) groups excluding carboxylic acids is 1. The molecule has 0 saturated heterocycles. The van der Waals surface area contributed by atoms with Gasteiger partial charge in [0.05, 0.1) is 0 Å². The molecule has 0 bridgehead atoms. The highest BCUT2D eigenvalue weighted by molar-refractivity contribution is 6.05. The van der Waals surface area contributed by atoms with Gasteiger partial charge < -0.3 is 4.43 Å². The molecule has 3 heteroatoms. The van der Waals surface area contributed by atoms with Crippen LogP contribution in [-0.2, 0) is 14.6 Å². The van der Waals surface area contributed by atoms with E-state index in [1.165, 1.54) is 11.1 Å². The third-order valence-electron chi connectivity index (χ3n) is 4.31. The van der Waals surface area contributed by atoms with Crippen LogP contribution in [0.4, 0.5) is 0 Å². The third-order valence-corrected chi connectivity index (χ3v) is 4.77. The quantitative estimate of drug-likeness (QED) is 0.733. The van der Waals surface area contributed by atoms with Crippen molar-refractivity contribution in [2.24, 2.45) is 0 Å². The molecule has 0 heterocycles. The predicted molar refractivity (Wildman–Crippen MR) is 93.8 cm³/mol. The number of benzene rings is 2. The van der Waals surface area contributed by atoms with Gasteiger partial charge in [0.25, 0.3) is 5.97 Å². The first kappa shape index (κ1) is 16.5. The van der Waals surface area contributed by atoms with Crippen LogP contribution in [0.3, 0.4) is 0 Å². The Morgan fingerprint density at radius 1 is 0.955 bits per heavy atom. The van der Waals surface area contributed by atoms with Crippen LogP contribution in [0.25, 0.3) is 0 Å². The monoisotopic (exact) mass is 312 g/mol. The lowest BCUT2D eigenvalue weighted by molar-refractivity contribution is -0.134. The van der Waals surface area contributed by atoms with Crippen molar-refractivity contribution < 1.29 is 9.22 Å². The van der Waals surface area contributed by atoms with E-state index in [-0.39, 0.29) is 11.4 Å². The second-order valence-electron chi connectivity index (χ2n) is 5.64. The van der Waals surface area contributed by atoms with Crippen LogP contribution in [-0.4, -0.2) is 16.5 Å². The van der Waals surface area contributed by atoms with E-state index in [4.69, 9.17) is 4.43 Å². The highest BCUT2D eigenvalue weighted by Crippen LogP contribution is 2.40. The maximum absolute atomic E-state index is 11.7. The van der Waals surface area contributed by atoms with Gasteiger partial charge in [0.15, 0.2) is 0 Å². The lowest BCUT2D eigenvalue weighted by atomic mass is 9.68. The van der Waals surface area contributed by atoms with Crippen molar-refractivity contribution in [3.05, 3.63) is 71.8 Å². The summed E-state index contributed by atoms with van der Waals surface area (Å²) in [5.41, 5.74) is 2.45.